The monoisotopic (exact) mass is 1060 g/mol. The number of nitrogens with two attached hydrogens (primary N) is 3. The summed E-state index contributed by atoms with van der Waals surface area (Å²) in [6, 6.07) is 4.97. The molecule has 3 aromatic rings. The highest BCUT2D eigenvalue weighted by Gasteiger charge is 2.41. The molecule has 0 aliphatic carbocycles. The van der Waals surface area contributed by atoms with E-state index >= 15 is 0 Å². The minimum Gasteiger partial charge on any atom is -0.497 e. The Kier molecular flexibility index (Phi) is 23.6. The van der Waals surface area contributed by atoms with Crippen LogP contribution in [-0.2, 0) is 62.4 Å². The van der Waals surface area contributed by atoms with Crippen LogP contribution in [0.1, 0.15) is 83.0 Å². The minimum absolute atomic E-state index is 0.00301. The molecule has 1 saturated heterocycles. The van der Waals surface area contributed by atoms with Crippen molar-refractivity contribution in [2.45, 2.75) is 134 Å². The fraction of sp³-hybridized carbons (Fsp3) is 0.510. The van der Waals surface area contributed by atoms with Gasteiger partial charge < -0.3 is 73.9 Å². The molecule has 1 fully saturated rings. The maximum absolute atomic E-state index is 14.7. The molecule has 0 radical (unpaired) electrons. The smallest absolute Gasteiger partial charge is 0.326 e. The van der Waals surface area contributed by atoms with Crippen LogP contribution < -0.4 is 53.8 Å². The van der Waals surface area contributed by atoms with Crippen molar-refractivity contribution in [2.75, 3.05) is 20.2 Å². The number of nitrogens with one attached hydrogen (secondary N) is 7. The Labute approximate surface area is 440 Å². The second-order valence-electron chi connectivity index (χ2n) is 19.1. The molecule has 2 heterocycles. The molecule has 25 heteroatoms. The highest BCUT2D eigenvalue weighted by molar-refractivity contribution is 5.98. The SMILES string of the molecule is CC[C@H](C)[C@H](NC(=O)[C@H](Cc1ccc(OC)cc1)NC(=O)[C@@H](NC(=O)[C@H](CCCN=C(N)N)NC(=O)[C@@H](N)CC(=O)O)C(C)C)C(=O)N[C@@H](Cc1cnc[nH]1)C(=O)N1CCC[C@H]1C(=O)N[C@@H](Cc1ccccc1)C(=O)O. The first-order valence-corrected chi connectivity index (χ1v) is 25.1. The zero-order valence-electron chi connectivity index (χ0n) is 43.5. The number of likely N-dealkylation sites (tertiary alicyclic amines) is 1. The highest BCUT2D eigenvalue weighted by Crippen LogP contribution is 2.21. The van der Waals surface area contributed by atoms with E-state index in [0.29, 0.717) is 35.4 Å². The van der Waals surface area contributed by atoms with Crippen molar-refractivity contribution in [2.24, 2.45) is 34.0 Å². The summed E-state index contributed by atoms with van der Waals surface area (Å²) in [5, 5.41) is 35.3. The molecule has 0 unspecified atom stereocenters. The molecule has 414 valence electrons. The van der Waals surface area contributed by atoms with Gasteiger partial charge in [-0.1, -0.05) is 76.6 Å². The maximum Gasteiger partial charge on any atom is 0.326 e. The number of rotatable bonds is 30. The normalized spacial score (nSPS) is 16.2. The van der Waals surface area contributed by atoms with Gasteiger partial charge in [0.15, 0.2) is 5.96 Å². The number of carboxylic acid groups (broad SMARTS) is 2. The third kappa shape index (κ3) is 18.7. The predicted molar refractivity (Wildman–Crippen MR) is 278 cm³/mol. The molecule has 76 heavy (non-hydrogen) atoms. The number of amides is 7. The van der Waals surface area contributed by atoms with Crippen LogP contribution in [0.4, 0.5) is 0 Å². The van der Waals surface area contributed by atoms with Gasteiger partial charge in [0.2, 0.25) is 41.4 Å². The summed E-state index contributed by atoms with van der Waals surface area (Å²) in [4.78, 5) is 135. The number of guanidine groups is 1. The average Bonchev–Trinajstić information content (AvgIpc) is 4.10. The zero-order chi connectivity index (χ0) is 56.1. The van der Waals surface area contributed by atoms with Crippen LogP contribution in [0.25, 0.3) is 0 Å². The lowest BCUT2D eigenvalue weighted by Crippen LogP contribution is -2.62. The van der Waals surface area contributed by atoms with Crippen molar-refractivity contribution in [3.05, 3.63) is 83.9 Å². The largest absolute Gasteiger partial charge is 0.497 e. The molecule has 0 spiro atoms. The summed E-state index contributed by atoms with van der Waals surface area (Å²) in [6.07, 6.45) is 3.07. The molecule has 0 saturated carbocycles. The number of hydrogen-bond acceptors (Lipinski definition) is 13. The van der Waals surface area contributed by atoms with Crippen LogP contribution in [0.3, 0.4) is 0 Å². The molecule has 25 nitrogen and oxygen atoms in total. The molecular weight excluding hydrogens is 987 g/mol. The number of ether oxygens (including phenoxy) is 1. The molecule has 4 rings (SSSR count). The Morgan fingerprint density at radius 1 is 0.763 bits per heavy atom. The standard InChI is InChI=1S/C51H73N13O12/c1-6-29(4)42(48(72)60-37(24-32-26-55-27-57-32)49(73)64-21-11-15-39(64)46(70)61-38(50(74)75)23-30-12-8-7-9-13-30)63-45(69)36(22-31-16-18-33(76-5)19-17-31)59-47(71)41(28(2)3)62-44(68)35(14-10-20-56-51(53)54)58-43(67)34(52)25-40(65)66/h7-9,12-13,16-19,26-29,34-39,41-42H,6,10-11,14-15,20-25,52H2,1-5H3,(H,55,57)(H,58,67)(H,59,71)(H,60,72)(H,61,70)(H,62,68)(H,63,69)(H,65,66)(H,74,75)(H4,53,54,56)/t29-,34-,35-,36-,37-,38-,39-,41-,42-/m0/s1. The number of nitrogens with zero attached hydrogens (tertiary/aromatic N) is 3. The first kappa shape index (κ1) is 60.5. The van der Waals surface area contributed by atoms with E-state index in [2.05, 4.69) is 46.9 Å². The second-order valence-corrected chi connectivity index (χ2v) is 19.1. The number of hydrogen-bond donors (Lipinski definition) is 12. The van der Waals surface area contributed by atoms with Crippen LogP contribution in [0.15, 0.2) is 72.1 Å². The van der Waals surface area contributed by atoms with Gasteiger partial charge in [0.05, 0.1) is 25.9 Å². The fourth-order valence-electron chi connectivity index (χ4n) is 8.44. The van der Waals surface area contributed by atoms with Gasteiger partial charge in [0.1, 0.15) is 48.0 Å². The van der Waals surface area contributed by atoms with Crippen molar-refractivity contribution in [1.29, 1.82) is 0 Å². The quantitative estimate of drug-likeness (QED) is 0.0216. The summed E-state index contributed by atoms with van der Waals surface area (Å²) in [7, 11) is 1.48. The zero-order valence-corrected chi connectivity index (χ0v) is 43.5. The van der Waals surface area contributed by atoms with E-state index in [1.807, 2.05) is 0 Å². The lowest BCUT2D eigenvalue weighted by atomic mass is 9.96. The van der Waals surface area contributed by atoms with Crippen molar-refractivity contribution in [3.8, 4) is 5.75 Å². The number of aromatic amines is 1. The van der Waals surface area contributed by atoms with Gasteiger partial charge in [-0.3, -0.25) is 43.3 Å². The molecule has 1 aliphatic heterocycles. The van der Waals surface area contributed by atoms with Gasteiger partial charge in [-0.2, -0.15) is 0 Å². The van der Waals surface area contributed by atoms with Crippen LogP contribution in [0.2, 0.25) is 0 Å². The summed E-state index contributed by atoms with van der Waals surface area (Å²) in [5.74, 6) is -8.88. The number of benzene rings is 2. The Bertz CT molecular complexity index is 2470. The van der Waals surface area contributed by atoms with Gasteiger partial charge in [0, 0.05) is 44.2 Å². The van der Waals surface area contributed by atoms with Gasteiger partial charge in [0.25, 0.3) is 0 Å². The predicted octanol–water partition coefficient (Wildman–Crippen LogP) is -1.01. The molecule has 2 aromatic carbocycles. The van der Waals surface area contributed by atoms with E-state index in [0.717, 1.165) is 0 Å². The Balaban J connectivity index is 1.60. The van der Waals surface area contributed by atoms with Crippen LogP contribution >= 0.6 is 0 Å². The second kappa shape index (κ2) is 29.7. The van der Waals surface area contributed by atoms with E-state index < -0.39 is 120 Å². The molecule has 15 N–H and O–H groups in total. The maximum atomic E-state index is 14.7. The average molecular weight is 1060 g/mol. The van der Waals surface area contributed by atoms with E-state index in [-0.39, 0.29) is 57.6 Å². The van der Waals surface area contributed by atoms with E-state index in [1.54, 1.807) is 82.3 Å². The lowest BCUT2D eigenvalue weighted by Gasteiger charge is -2.32. The molecule has 0 bridgehead atoms. The molecule has 1 aliphatic rings. The number of carbonyl (C=O) groups is 9. The van der Waals surface area contributed by atoms with Gasteiger partial charge in [-0.25, -0.2) is 9.78 Å². The Morgan fingerprint density at radius 2 is 1.37 bits per heavy atom. The summed E-state index contributed by atoms with van der Waals surface area (Å²) in [5.41, 5.74) is 18.4. The van der Waals surface area contributed by atoms with Crippen LogP contribution in [-0.4, -0.2) is 153 Å². The highest BCUT2D eigenvalue weighted by atomic mass is 16.5. The van der Waals surface area contributed by atoms with Gasteiger partial charge >= 0.3 is 11.9 Å². The van der Waals surface area contributed by atoms with Crippen molar-refractivity contribution < 1.29 is 58.1 Å². The van der Waals surface area contributed by atoms with Gasteiger partial charge in [-0.05, 0) is 60.8 Å². The van der Waals surface area contributed by atoms with Crippen molar-refractivity contribution in [3.63, 3.8) is 0 Å². The number of aromatic nitrogens is 2. The topological polar surface area (TPSA) is 398 Å². The first-order valence-electron chi connectivity index (χ1n) is 25.1. The minimum atomic E-state index is -1.50. The van der Waals surface area contributed by atoms with Gasteiger partial charge in [-0.15, -0.1) is 0 Å². The summed E-state index contributed by atoms with van der Waals surface area (Å²) in [6.45, 7) is 6.99. The lowest BCUT2D eigenvalue weighted by molar-refractivity contribution is -0.145. The molecule has 7 amide bonds. The van der Waals surface area contributed by atoms with Crippen molar-refractivity contribution >= 4 is 59.2 Å². The van der Waals surface area contributed by atoms with E-state index in [4.69, 9.17) is 21.9 Å². The summed E-state index contributed by atoms with van der Waals surface area (Å²) >= 11 is 0. The molecule has 1 aromatic heterocycles. The molecule has 9 atom stereocenters. The number of imidazole rings is 1. The number of methoxy groups -OCH3 is 1. The van der Waals surface area contributed by atoms with Crippen LogP contribution in [0, 0.1) is 11.8 Å². The fourth-order valence-corrected chi connectivity index (χ4v) is 8.44. The summed E-state index contributed by atoms with van der Waals surface area (Å²) < 4.78 is 5.30. The Morgan fingerprint density at radius 3 is 1.96 bits per heavy atom. The van der Waals surface area contributed by atoms with E-state index in [9.17, 15) is 53.4 Å². The number of carbonyl (C=O) groups excluding carboxylic acids is 7. The Hall–Kier alpha value is -8.09. The van der Waals surface area contributed by atoms with E-state index in [1.165, 1.54) is 24.5 Å². The number of carboxylic acids is 2. The molecular formula is C51H73N13O12. The first-order chi connectivity index (χ1) is 36.1. The van der Waals surface area contributed by atoms with Crippen molar-refractivity contribution in [1.82, 2.24) is 46.8 Å². The number of aliphatic carboxylic acids is 2. The van der Waals surface area contributed by atoms with Crippen LogP contribution in [0.5, 0.6) is 5.75 Å². The number of H-pyrrole nitrogens is 1. The third-order valence-electron chi connectivity index (χ3n) is 12.9. The number of aliphatic imine (C=N–C) groups is 1. The third-order valence-corrected chi connectivity index (χ3v) is 12.9.